The quantitative estimate of drug-likeness (QED) is 0.924. The van der Waals surface area contributed by atoms with Crippen LogP contribution in [0.3, 0.4) is 0 Å². The number of carbonyl (C=O) groups is 1. The molecule has 0 aromatic heterocycles. The zero-order valence-corrected chi connectivity index (χ0v) is 13.2. The number of benzene rings is 1. The van der Waals surface area contributed by atoms with Crippen molar-refractivity contribution in [2.24, 2.45) is 11.1 Å². The van der Waals surface area contributed by atoms with Crippen LogP contribution in [0.2, 0.25) is 0 Å². The fourth-order valence-corrected chi connectivity index (χ4v) is 2.69. The van der Waals surface area contributed by atoms with Crippen LogP contribution < -0.4 is 15.2 Å². The van der Waals surface area contributed by atoms with Crippen molar-refractivity contribution in [3.63, 3.8) is 0 Å². The van der Waals surface area contributed by atoms with E-state index in [0.717, 1.165) is 6.42 Å². The van der Waals surface area contributed by atoms with Crippen LogP contribution in [0.5, 0.6) is 11.5 Å². The first kappa shape index (κ1) is 15.6. The van der Waals surface area contributed by atoms with Crippen LogP contribution in [0.15, 0.2) is 18.2 Å². The second-order valence-corrected chi connectivity index (χ2v) is 6.18. The summed E-state index contributed by atoms with van der Waals surface area (Å²) in [6.45, 7) is 5.53. The van der Waals surface area contributed by atoms with Gasteiger partial charge in [0.05, 0.1) is 19.8 Å². The van der Waals surface area contributed by atoms with Gasteiger partial charge >= 0.3 is 0 Å². The molecule has 0 radical (unpaired) electrons. The number of hydrogen-bond donors (Lipinski definition) is 1. The monoisotopic (exact) mass is 292 g/mol. The average Bonchev–Trinajstić information content (AvgIpc) is 2.48. The number of nitrogens with zero attached hydrogens (tertiary/aromatic N) is 1. The van der Waals surface area contributed by atoms with Crippen molar-refractivity contribution in [1.29, 1.82) is 0 Å². The maximum Gasteiger partial charge on any atom is 0.257 e. The SMILES string of the molecule is COc1ccc(C(=O)N2CCC(N)C(C)(C)C2)c(OC)c1. The molecule has 21 heavy (non-hydrogen) atoms. The second-order valence-electron chi connectivity index (χ2n) is 6.18. The number of amides is 1. The largest absolute Gasteiger partial charge is 0.497 e. The minimum absolute atomic E-state index is 0.0190. The van der Waals surface area contributed by atoms with Crippen LogP contribution in [-0.4, -0.2) is 44.2 Å². The molecule has 0 saturated carbocycles. The summed E-state index contributed by atoms with van der Waals surface area (Å²) in [6, 6.07) is 5.38. The van der Waals surface area contributed by atoms with E-state index in [4.69, 9.17) is 15.2 Å². The number of nitrogens with two attached hydrogens (primary N) is 1. The van der Waals surface area contributed by atoms with Gasteiger partial charge in [-0.1, -0.05) is 13.8 Å². The summed E-state index contributed by atoms with van der Waals surface area (Å²) in [4.78, 5) is 14.6. The van der Waals surface area contributed by atoms with E-state index in [2.05, 4.69) is 13.8 Å². The van der Waals surface area contributed by atoms with Crippen molar-refractivity contribution < 1.29 is 14.3 Å². The number of carbonyl (C=O) groups excluding carboxylic acids is 1. The van der Waals surface area contributed by atoms with Gasteiger partial charge < -0.3 is 20.1 Å². The summed E-state index contributed by atoms with van der Waals surface area (Å²) in [7, 11) is 3.15. The van der Waals surface area contributed by atoms with E-state index in [1.165, 1.54) is 0 Å². The Morgan fingerprint density at radius 2 is 2.05 bits per heavy atom. The van der Waals surface area contributed by atoms with Crippen molar-refractivity contribution in [1.82, 2.24) is 4.90 Å². The van der Waals surface area contributed by atoms with E-state index < -0.39 is 0 Å². The maximum atomic E-state index is 12.7. The van der Waals surface area contributed by atoms with Crippen LogP contribution in [0.1, 0.15) is 30.6 Å². The fourth-order valence-electron chi connectivity index (χ4n) is 2.69. The third-order valence-electron chi connectivity index (χ3n) is 4.24. The molecule has 5 heteroatoms. The topological polar surface area (TPSA) is 64.8 Å². The Bertz CT molecular complexity index is 528. The molecular formula is C16H24N2O3. The lowest BCUT2D eigenvalue weighted by Gasteiger charge is -2.42. The molecule has 1 saturated heterocycles. The molecule has 1 atom stereocenters. The molecule has 2 rings (SSSR count). The van der Waals surface area contributed by atoms with Gasteiger partial charge in [-0.3, -0.25) is 4.79 Å². The second kappa shape index (κ2) is 5.93. The molecule has 0 bridgehead atoms. The molecule has 1 unspecified atom stereocenters. The first-order chi connectivity index (χ1) is 9.89. The molecule has 1 aliphatic heterocycles. The van der Waals surface area contributed by atoms with Crippen molar-refractivity contribution >= 4 is 5.91 Å². The smallest absolute Gasteiger partial charge is 0.257 e. The zero-order chi connectivity index (χ0) is 15.6. The van der Waals surface area contributed by atoms with E-state index in [1.807, 2.05) is 4.90 Å². The van der Waals surface area contributed by atoms with Crippen LogP contribution in [0.4, 0.5) is 0 Å². The average molecular weight is 292 g/mol. The Morgan fingerprint density at radius 1 is 1.33 bits per heavy atom. The molecule has 5 nitrogen and oxygen atoms in total. The van der Waals surface area contributed by atoms with Crippen LogP contribution in [0, 0.1) is 5.41 Å². The van der Waals surface area contributed by atoms with Gasteiger partial charge in [-0.05, 0) is 24.0 Å². The molecule has 1 amide bonds. The third-order valence-corrected chi connectivity index (χ3v) is 4.24. The minimum atomic E-state index is -0.0758. The highest BCUT2D eigenvalue weighted by atomic mass is 16.5. The highest BCUT2D eigenvalue weighted by Crippen LogP contribution is 2.31. The molecule has 1 aromatic carbocycles. The van der Waals surface area contributed by atoms with Gasteiger partial charge in [-0.25, -0.2) is 0 Å². The predicted molar refractivity (Wildman–Crippen MR) is 81.8 cm³/mol. The molecule has 0 spiro atoms. The highest BCUT2D eigenvalue weighted by Gasteiger charge is 2.36. The lowest BCUT2D eigenvalue weighted by atomic mass is 9.79. The lowest BCUT2D eigenvalue weighted by molar-refractivity contribution is 0.0530. The summed E-state index contributed by atoms with van der Waals surface area (Å²) in [5.74, 6) is 1.19. The fraction of sp³-hybridized carbons (Fsp3) is 0.562. The molecule has 2 N–H and O–H groups in total. The van der Waals surface area contributed by atoms with Gasteiger partial charge in [-0.2, -0.15) is 0 Å². The third kappa shape index (κ3) is 3.13. The normalized spacial score (nSPS) is 21.0. The summed E-state index contributed by atoms with van der Waals surface area (Å²) >= 11 is 0. The van der Waals surface area contributed by atoms with Gasteiger partial charge in [0.2, 0.25) is 0 Å². The van der Waals surface area contributed by atoms with Crippen molar-refractivity contribution in [3.05, 3.63) is 23.8 Å². The summed E-state index contributed by atoms with van der Waals surface area (Å²) < 4.78 is 10.5. The molecule has 1 fully saturated rings. The zero-order valence-electron chi connectivity index (χ0n) is 13.2. The summed E-state index contributed by atoms with van der Waals surface area (Å²) in [5, 5.41) is 0. The Hall–Kier alpha value is -1.75. The Labute approximate surface area is 126 Å². The van der Waals surface area contributed by atoms with Crippen LogP contribution in [-0.2, 0) is 0 Å². The Balaban J connectivity index is 2.24. The Kier molecular flexibility index (Phi) is 4.42. The van der Waals surface area contributed by atoms with Crippen LogP contribution in [0.25, 0.3) is 0 Å². The van der Waals surface area contributed by atoms with E-state index in [9.17, 15) is 4.79 Å². The van der Waals surface area contributed by atoms with Gasteiger partial charge in [-0.15, -0.1) is 0 Å². The van der Waals surface area contributed by atoms with Gasteiger partial charge in [0.25, 0.3) is 5.91 Å². The van der Waals surface area contributed by atoms with Crippen LogP contribution >= 0.6 is 0 Å². The maximum absolute atomic E-state index is 12.7. The van der Waals surface area contributed by atoms with E-state index >= 15 is 0 Å². The number of hydrogen-bond acceptors (Lipinski definition) is 4. The van der Waals surface area contributed by atoms with Crippen molar-refractivity contribution in [2.45, 2.75) is 26.3 Å². The first-order valence-electron chi connectivity index (χ1n) is 7.16. The van der Waals surface area contributed by atoms with E-state index in [0.29, 0.717) is 30.2 Å². The van der Waals surface area contributed by atoms with Crippen molar-refractivity contribution in [2.75, 3.05) is 27.3 Å². The molecule has 1 aromatic rings. The van der Waals surface area contributed by atoms with Gasteiger partial charge in [0.15, 0.2) is 0 Å². The standard InChI is InChI=1S/C16H24N2O3/c1-16(2)10-18(8-7-14(16)17)15(19)12-6-5-11(20-3)9-13(12)21-4/h5-6,9,14H,7-8,10,17H2,1-4H3. The number of ether oxygens (including phenoxy) is 2. The highest BCUT2D eigenvalue weighted by molar-refractivity contribution is 5.97. The van der Waals surface area contributed by atoms with E-state index in [1.54, 1.807) is 32.4 Å². The number of rotatable bonds is 3. The Morgan fingerprint density at radius 3 is 2.62 bits per heavy atom. The first-order valence-corrected chi connectivity index (χ1v) is 7.16. The number of likely N-dealkylation sites (tertiary alicyclic amines) is 1. The molecule has 116 valence electrons. The minimum Gasteiger partial charge on any atom is -0.497 e. The predicted octanol–water partition coefficient (Wildman–Crippen LogP) is 1.90. The van der Waals surface area contributed by atoms with E-state index in [-0.39, 0.29) is 17.4 Å². The molecule has 1 aliphatic rings. The molecule has 1 heterocycles. The van der Waals surface area contributed by atoms with Gasteiger partial charge in [0, 0.05) is 25.2 Å². The number of methoxy groups -OCH3 is 2. The molecule has 0 aliphatic carbocycles. The van der Waals surface area contributed by atoms with Gasteiger partial charge in [0.1, 0.15) is 11.5 Å². The molecular weight excluding hydrogens is 268 g/mol. The lowest BCUT2D eigenvalue weighted by Crippen LogP contribution is -2.54. The number of piperidine rings is 1. The summed E-state index contributed by atoms with van der Waals surface area (Å²) in [5.41, 5.74) is 6.61. The summed E-state index contributed by atoms with van der Waals surface area (Å²) in [6.07, 6.45) is 0.817. The van der Waals surface area contributed by atoms with Crippen molar-refractivity contribution in [3.8, 4) is 11.5 Å².